The van der Waals surface area contributed by atoms with Crippen LogP contribution in [-0.4, -0.2) is 15.0 Å². The molecule has 2 heterocycles. The lowest BCUT2D eigenvalue weighted by Gasteiger charge is -2.08. The van der Waals surface area contributed by atoms with E-state index in [9.17, 15) is 4.79 Å². The van der Waals surface area contributed by atoms with Crippen LogP contribution in [0.3, 0.4) is 0 Å². The van der Waals surface area contributed by atoms with Gasteiger partial charge in [0.05, 0.1) is 17.7 Å². The van der Waals surface area contributed by atoms with E-state index in [1.807, 2.05) is 26.3 Å². The molecule has 96 valence electrons. The lowest BCUT2D eigenvalue weighted by Crippen LogP contribution is -2.14. The van der Waals surface area contributed by atoms with Crippen molar-refractivity contribution in [2.45, 2.75) is 33.2 Å². The van der Waals surface area contributed by atoms with Gasteiger partial charge in [-0.05, 0) is 6.92 Å². The number of nitrogens with one attached hydrogen (secondary N) is 2. The van der Waals surface area contributed by atoms with E-state index in [4.69, 9.17) is 0 Å². The minimum atomic E-state index is -0.128. The molecule has 0 radical (unpaired) electrons. The third-order valence-electron chi connectivity index (χ3n) is 2.58. The van der Waals surface area contributed by atoms with Crippen LogP contribution in [0.25, 0.3) is 0 Å². The molecule has 6 heteroatoms. The molecule has 0 fully saturated rings. The molecule has 0 aromatic carbocycles. The molecule has 2 N–H and O–H groups in total. The van der Waals surface area contributed by atoms with Crippen LogP contribution in [0, 0.1) is 6.92 Å². The highest BCUT2D eigenvalue weighted by Crippen LogP contribution is 2.14. The fourth-order valence-electron chi connectivity index (χ4n) is 1.51. The Bertz CT molecular complexity index is 588. The fourth-order valence-corrected chi connectivity index (χ4v) is 2.22. The number of nitrogens with zero attached hydrogens (tertiary/aromatic N) is 2. The van der Waals surface area contributed by atoms with Gasteiger partial charge in [0.25, 0.3) is 5.56 Å². The van der Waals surface area contributed by atoms with Gasteiger partial charge < -0.3 is 10.3 Å². The predicted molar refractivity (Wildman–Crippen MR) is 73.1 cm³/mol. The van der Waals surface area contributed by atoms with Gasteiger partial charge in [0, 0.05) is 16.9 Å². The average Bonchev–Trinajstić information content (AvgIpc) is 2.71. The van der Waals surface area contributed by atoms with Crippen LogP contribution in [0.5, 0.6) is 0 Å². The molecule has 0 atom stereocenters. The minimum absolute atomic E-state index is 0.128. The summed E-state index contributed by atoms with van der Waals surface area (Å²) in [4.78, 5) is 24.0. The van der Waals surface area contributed by atoms with Crippen molar-refractivity contribution in [1.82, 2.24) is 15.0 Å². The van der Waals surface area contributed by atoms with Crippen molar-refractivity contribution in [3.63, 3.8) is 0 Å². The molecule has 2 rings (SSSR count). The number of anilines is 1. The van der Waals surface area contributed by atoms with Crippen molar-refractivity contribution < 1.29 is 0 Å². The van der Waals surface area contributed by atoms with Crippen LogP contribution in [0.2, 0.25) is 0 Å². The average molecular weight is 264 g/mol. The number of aryl methyl sites for hydroxylation is 1. The number of thiazole rings is 1. The van der Waals surface area contributed by atoms with Gasteiger partial charge in [-0.3, -0.25) is 4.79 Å². The van der Waals surface area contributed by atoms with Crippen molar-refractivity contribution in [3.05, 3.63) is 38.3 Å². The maximum absolute atomic E-state index is 11.5. The monoisotopic (exact) mass is 264 g/mol. The van der Waals surface area contributed by atoms with E-state index in [-0.39, 0.29) is 11.5 Å². The summed E-state index contributed by atoms with van der Waals surface area (Å²) in [6.45, 7) is 6.60. The van der Waals surface area contributed by atoms with Crippen LogP contribution >= 0.6 is 11.3 Å². The molecule has 0 aliphatic carbocycles. The second-order valence-corrected chi connectivity index (χ2v) is 5.32. The summed E-state index contributed by atoms with van der Waals surface area (Å²) in [5.41, 5.74) is 2.70. The molecule has 2 aromatic heterocycles. The van der Waals surface area contributed by atoms with E-state index in [0.29, 0.717) is 18.2 Å². The molecular weight excluding hydrogens is 248 g/mol. The van der Waals surface area contributed by atoms with Crippen molar-refractivity contribution in [2.75, 3.05) is 5.32 Å². The summed E-state index contributed by atoms with van der Waals surface area (Å²) in [6.07, 6.45) is 0. The third kappa shape index (κ3) is 2.95. The first kappa shape index (κ1) is 12.8. The summed E-state index contributed by atoms with van der Waals surface area (Å²) in [6, 6.07) is 1.47. The first-order valence-electron chi connectivity index (χ1n) is 5.80. The van der Waals surface area contributed by atoms with E-state index in [1.165, 1.54) is 6.07 Å². The molecule has 0 aliphatic rings. The first-order valence-corrected chi connectivity index (χ1v) is 6.68. The molecular formula is C12H16N4OS. The number of hydrogen-bond donors (Lipinski definition) is 2. The fraction of sp³-hybridized carbons (Fsp3) is 0.417. The largest absolute Gasteiger partial charge is 0.365 e. The third-order valence-corrected chi connectivity index (χ3v) is 3.52. The Morgan fingerprint density at radius 1 is 1.50 bits per heavy atom. The van der Waals surface area contributed by atoms with Gasteiger partial charge in [-0.2, -0.15) is 0 Å². The summed E-state index contributed by atoms with van der Waals surface area (Å²) < 4.78 is 0. The van der Waals surface area contributed by atoms with E-state index in [0.717, 1.165) is 10.6 Å². The first-order chi connectivity index (χ1) is 8.56. The van der Waals surface area contributed by atoms with Crippen LogP contribution in [0.15, 0.2) is 16.4 Å². The van der Waals surface area contributed by atoms with E-state index < -0.39 is 0 Å². The van der Waals surface area contributed by atoms with Gasteiger partial charge in [0.15, 0.2) is 0 Å². The highest BCUT2D eigenvalue weighted by molar-refractivity contribution is 7.09. The molecule has 5 nitrogen and oxygen atoms in total. The molecule has 2 aromatic rings. The number of aromatic amines is 1. The van der Waals surface area contributed by atoms with Crippen molar-refractivity contribution >= 4 is 17.2 Å². The van der Waals surface area contributed by atoms with Crippen molar-refractivity contribution in [2.24, 2.45) is 0 Å². The Kier molecular flexibility index (Phi) is 3.76. The molecule has 0 saturated heterocycles. The molecule has 0 amide bonds. The second kappa shape index (κ2) is 5.30. The van der Waals surface area contributed by atoms with Crippen molar-refractivity contribution in [1.29, 1.82) is 0 Å². The number of rotatable bonds is 4. The molecule has 0 aliphatic heterocycles. The number of H-pyrrole nitrogens is 1. The van der Waals surface area contributed by atoms with Crippen LogP contribution < -0.4 is 10.9 Å². The van der Waals surface area contributed by atoms with Gasteiger partial charge in [-0.15, -0.1) is 11.3 Å². The number of hydrogen-bond acceptors (Lipinski definition) is 5. The van der Waals surface area contributed by atoms with Gasteiger partial charge in [0.1, 0.15) is 11.6 Å². The van der Waals surface area contributed by atoms with Gasteiger partial charge >= 0.3 is 0 Å². The summed E-state index contributed by atoms with van der Waals surface area (Å²) in [5, 5.41) is 3.16. The molecule has 0 saturated carbocycles. The summed E-state index contributed by atoms with van der Waals surface area (Å²) in [7, 11) is 0. The predicted octanol–water partition coefficient (Wildman–Crippen LogP) is 2.27. The van der Waals surface area contributed by atoms with E-state index in [2.05, 4.69) is 20.3 Å². The Hall–Kier alpha value is -1.69. The van der Waals surface area contributed by atoms with E-state index >= 15 is 0 Å². The highest BCUT2D eigenvalue weighted by Gasteiger charge is 2.06. The lowest BCUT2D eigenvalue weighted by molar-refractivity contribution is 0.767. The SMILES string of the molecule is Cc1ncsc1CNc1cc(=O)[nH]c(C(C)C)n1. The topological polar surface area (TPSA) is 70.7 Å². The standard InChI is InChI=1S/C12H16N4OS/c1-7(2)12-15-10(4-11(17)16-12)13-5-9-8(3)14-6-18-9/h4,6-7H,5H2,1-3H3,(H2,13,15,16,17). The summed E-state index contributed by atoms with van der Waals surface area (Å²) >= 11 is 1.60. The zero-order valence-electron chi connectivity index (χ0n) is 10.7. The Morgan fingerprint density at radius 3 is 2.89 bits per heavy atom. The van der Waals surface area contributed by atoms with E-state index in [1.54, 1.807) is 11.3 Å². The summed E-state index contributed by atoms with van der Waals surface area (Å²) in [5.74, 6) is 1.51. The normalized spacial score (nSPS) is 10.9. The highest BCUT2D eigenvalue weighted by atomic mass is 32.1. The van der Waals surface area contributed by atoms with Gasteiger partial charge in [-0.25, -0.2) is 9.97 Å². The maximum Gasteiger partial charge on any atom is 0.252 e. The lowest BCUT2D eigenvalue weighted by atomic mass is 10.2. The van der Waals surface area contributed by atoms with Crippen LogP contribution in [-0.2, 0) is 6.54 Å². The Morgan fingerprint density at radius 2 is 2.28 bits per heavy atom. The minimum Gasteiger partial charge on any atom is -0.365 e. The second-order valence-electron chi connectivity index (χ2n) is 4.39. The Labute approximate surface area is 109 Å². The quantitative estimate of drug-likeness (QED) is 0.888. The molecule has 18 heavy (non-hydrogen) atoms. The smallest absolute Gasteiger partial charge is 0.252 e. The maximum atomic E-state index is 11.5. The molecule has 0 unspecified atom stereocenters. The van der Waals surface area contributed by atoms with Crippen LogP contribution in [0.1, 0.15) is 36.2 Å². The zero-order valence-corrected chi connectivity index (χ0v) is 11.5. The van der Waals surface area contributed by atoms with Gasteiger partial charge in [-0.1, -0.05) is 13.8 Å². The Balaban J connectivity index is 2.14. The molecule has 0 spiro atoms. The van der Waals surface area contributed by atoms with Gasteiger partial charge in [0.2, 0.25) is 0 Å². The van der Waals surface area contributed by atoms with Crippen molar-refractivity contribution in [3.8, 4) is 0 Å². The zero-order chi connectivity index (χ0) is 13.1. The van der Waals surface area contributed by atoms with Crippen LogP contribution in [0.4, 0.5) is 5.82 Å². The molecule has 0 bridgehead atoms. The number of aromatic nitrogens is 3.